The van der Waals surface area contributed by atoms with Crippen LogP contribution in [0.2, 0.25) is 0 Å². The van der Waals surface area contributed by atoms with E-state index in [1.165, 1.54) is 19.3 Å². The Morgan fingerprint density at radius 1 is 1.13 bits per heavy atom. The van der Waals surface area contributed by atoms with Crippen LogP contribution in [-0.2, 0) is 14.3 Å². The molecule has 0 aromatic carbocycles. The van der Waals surface area contributed by atoms with Crippen LogP contribution in [0.25, 0.3) is 0 Å². The fraction of sp³-hybridized carbons (Fsp3) is 0.944. The van der Waals surface area contributed by atoms with Gasteiger partial charge in [0.05, 0.1) is 12.7 Å². The Balaban J connectivity index is 1.51. The lowest BCUT2D eigenvalue weighted by Gasteiger charge is -2.34. The van der Waals surface area contributed by atoms with E-state index in [1.54, 1.807) is 0 Å². The number of likely N-dealkylation sites (tertiary alicyclic amines) is 2. The van der Waals surface area contributed by atoms with Crippen molar-refractivity contribution in [2.45, 2.75) is 76.2 Å². The lowest BCUT2D eigenvalue weighted by molar-refractivity contribution is -0.147. The van der Waals surface area contributed by atoms with Crippen LogP contribution < -0.4 is 0 Å². The summed E-state index contributed by atoms with van der Waals surface area (Å²) in [5.74, 6) is 0.170. The number of likely N-dealkylation sites (N-methyl/N-ethyl adjacent to an activating group) is 1. The fourth-order valence-electron chi connectivity index (χ4n) is 4.38. The van der Waals surface area contributed by atoms with Crippen LogP contribution in [0, 0.1) is 0 Å². The highest BCUT2D eigenvalue weighted by Gasteiger charge is 2.39. The first kappa shape index (κ1) is 17.2. The summed E-state index contributed by atoms with van der Waals surface area (Å²) in [5.41, 5.74) is 0. The van der Waals surface area contributed by atoms with Gasteiger partial charge in [0.15, 0.2) is 0 Å². The molecule has 3 aliphatic rings. The zero-order chi connectivity index (χ0) is 16.2. The number of hydrogen-bond acceptors (Lipinski definition) is 4. The van der Waals surface area contributed by atoms with E-state index in [9.17, 15) is 4.79 Å². The molecule has 0 aliphatic carbocycles. The summed E-state index contributed by atoms with van der Waals surface area (Å²) in [5, 5.41) is 0. The van der Waals surface area contributed by atoms with Gasteiger partial charge in [-0.2, -0.15) is 0 Å². The van der Waals surface area contributed by atoms with E-state index in [2.05, 4.69) is 16.8 Å². The van der Waals surface area contributed by atoms with Gasteiger partial charge in [-0.15, -0.1) is 0 Å². The molecule has 3 rings (SSSR count). The monoisotopic (exact) mass is 324 g/mol. The van der Waals surface area contributed by atoms with Crippen LogP contribution in [0.15, 0.2) is 0 Å². The van der Waals surface area contributed by atoms with Crippen molar-refractivity contribution in [3.8, 4) is 0 Å². The average Bonchev–Trinajstić information content (AvgIpc) is 3.21. The van der Waals surface area contributed by atoms with Crippen LogP contribution in [-0.4, -0.2) is 73.3 Å². The van der Waals surface area contributed by atoms with Crippen LogP contribution in [0.3, 0.4) is 0 Å². The Morgan fingerprint density at radius 2 is 1.91 bits per heavy atom. The van der Waals surface area contributed by atoms with Crippen LogP contribution in [0.4, 0.5) is 0 Å². The van der Waals surface area contributed by atoms with Gasteiger partial charge in [-0.1, -0.05) is 0 Å². The number of carbonyl (C=O) groups excluding carboxylic acids is 1. The molecule has 5 heteroatoms. The van der Waals surface area contributed by atoms with Crippen LogP contribution in [0.1, 0.15) is 51.9 Å². The van der Waals surface area contributed by atoms with Crippen LogP contribution >= 0.6 is 0 Å². The number of amides is 1. The molecule has 3 aliphatic heterocycles. The smallest absolute Gasteiger partial charge is 0.251 e. The fourth-order valence-corrected chi connectivity index (χ4v) is 4.38. The summed E-state index contributed by atoms with van der Waals surface area (Å²) in [6.07, 6.45) is 7.97. The molecule has 4 atom stereocenters. The van der Waals surface area contributed by atoms with E-state index in [-0.39, 0.29) is 18.1 Å². The average molecular weight is 324 g/mol. The molecule has 0 bridgehead atoms. The predicted molar refractivity (Wildman–Crippen MR) is 89.4 cm³/mol. The first-order valence-electron chi connectivity index (χ1n) is 9.40. The standard InChI is InChI=1S/C18H32N2O3/c1-14(23-13-15-7-3-4-12-22-15)18(21)20-11-6-9-17(20)16-8-5-10-19(16)2/h14-17H,3-13H2,1-2H3/t14-,15-,16+,17-/m0/s1. The van der Waals surface area contributed by atoms with Gasteiger partial charge in [0.25, 0.3) is 5.91 Å². The summed E-state index contributed by atoms with van der Waals surface area (Å²) in [7, 11) is 2.19. The van der Waals surface area contributed by atoms with Gasteiger partial charge in [0.2, 0.25) is 0 Å². The highest BCUT2D eigenvalue weighted by atomic mass is 16.5. The van der Waals surface area contributed by atoms with Gasteiger partial charge in [-0.3, -0.25) is 4.79 Å². The Labute approximate surface area is 140 Å². The number of ether oxygens (including phenoxy) is 2. The van der Waals surface area contributed by atoms with E-state index in [0.717, 1.165) is 45.4 Å². The lowest BCUT2D eigenvalue weighted by Crippen LogP contribution is -2.50. The summed E-state index contributed by atoms with van der Waals surface area (Å²) in [4.78, 5) is 17.4. The Hall–Kier alpha value is -0.650. The minimum atomic E-state index is -0.354. The highest BCUT2D eigenvalue weighted by Crippen LogP contribution is 2.29. The van der Waals surface area contributed by atoms with Gasteiger partial charge in [0, 0.05) is 25.2 Å². The normalized spacial score (nSPS) is 34.0. The molecular formula is C18H32N2O3. The molecule has 0 aromatic rings. The van der Waals surface area contributed by atoms with Crippen molar-refractivity contribution in [3.05, 3.63) is 0 Å². The third kappa shape index (κ3) is 4.06. The SMILES string of the molecule is C[C@H](OC[C@@H]1CCCCO1)C(=O)N1CCC[C@H]1[C@H]1CCCN1C. The number of carbonyl (C=O) groups is 1. The summed E-state index contributed by atoms with van der Waals surface area (Å²) >= 11 is 0. The van der Waals surface area contributed by atoms with E-state index >= 15 is 0 Å². The number of hydrogen-bond donors (Lipinski definition) is 0. The minimum absolute atomic E-state index is 0.170. The van der Waals surface area contributed by atoms with Crippen molar-refractivity contribution in [2.24, 2.45) is 0 Å². The second-order valence-electron chi connectivity index (χ2n) is 7.40. The molecule has 3 saturated heterocycles. The number of nitrogens with zero attached hydrogens (tertiary/aromatic N) is 2. The lowest BCUT2D eigenvalue weighted by atomic mass is 10.0. The first-order valence-corrected chi connectivity index (χ1v) is 9.40. The Morgan fingerprint density at radius 3 is 2.61 bits per heavy atom. The molecule has 0 saturated carbocycles. The van der Waals surface area contributed by atoms with Crippen molar-refractivity contribution in [3.63, 3.8) is 0 Å². The molecule has 0 unspecified atom stereocenters. The van der Waals surface area contributed by atoms with E-state index < -0.39 is 0 Å². The van der Waals surface area contributed by atoms with Crippen molar-refractivity contribution in [1.29, 1.82) is 0 Å². The maximum atomic E-state index is 12.8. The van der Waals surface area contributed by atoms with Gasteiger partial charge in [0.1, 0.15) is 6.10 Å². The van der Waals surface area contributed by atoms with Crippen molar-refractivity contribution < 1.29 is 14.3 Å². The first-order chi connectivity index (χ1) is 11.2. The van der Waals surface area contributed by atoms with Gasteiger partial charge in [-0.25, -0.2) is 0 Å². The largest absolute Gasteiger partial charge is 0.376 e. The molecular weight excluding hydrogens is 292 g/mol. The summed E-state index contributed by atoms with van der Waals surface area (Å²) in [6, 6.07) is 0.919. The third-order valence-corrected chi connectivity index (χ3v) is 5.76. The molecule has 0 N–H and O–H groups in total. The quantitative estimate of drug-likeness (QED) is 0.776. The summed E-state index contributed by atoms with van der Waals surface area (Å²) < 4.78 is 11.6. The maximum absolute atomic E-state index is 12.8. The van der Waals surface area contributed by atoms with Crippen molar-refractivity contribution in [1.82, 2.24) is 9.80 Å². The van der Waals surface area contributed by atoms with Gasteiger partial charge >= 0.3 is 0 Å². The minimum Gasteiger partial charge on any atom is -0.376 e. The number of rotatable bonds is 5. The van der Waals surface area contributed by atoms with Crippen LogP contribution in [0.5, 0.6) is 0 Å². The summed E-state index contributed by atoms with van der Waals surface area (Å²) in [6.45, 7) is 5.34. The molecule has 5 nitrogen and oxygen atoms in total. The van der Waals surface area contributed by atoms with Crippen molar-refractivity contribution in [2.75, 3.05) is 33.4 Å². The molecule has 23 heavy (non-hydrogen) atoms. The van der Waals surface area contributed by atoms with Crippen molar-refractivity contribution >= 4 is 5.91 Å². The van der Waals surface area contributed by atoms with E-state index in [0.29, 0.717) is 18.7 Å². The zero-order valence-electron chi connectivity index (χ0n) is 14.7. The molecule has 3 fully saturated rings. The zero-order valence-corrected chi connectivity index (χ0v) is 14.7. The molecule has 0 aromatic heterocycles. The second kappa shape index (κ2) is 7.95. The molecule has 3 heterocycles. The molecule has 0 radical (unpaired) electrons. The van der Waals surface area contributed by atoms with E-state index in [4.69, 9.17) is 9.47 Å². The molecule has 0 spiro atoms. The third-order valence-electron chi connectivity index (χ3n) is 5.76. The van der Waals surface area contributed by atoms with Gasteiger partial charge in [-0.05, 0) is 65.5 Å². The molecule has 1 amide bonds. The maximum Gasteiger partial charge on any atom is 0.251 e. The molecule has 132 valence electrons. The Kier molecular flexibility index (Phi) is 5.94. The topological polar surface area (TPSA) is 42.0 Å². The highest BCUT2D eigenvalue weighted by molar-refractivity contribution is 5.81. The second-order valence-corrected chi connectivity index (χ2v) is 7.40. The Bertz CT molecular complexity index is 398. The van der Waals surface area contributed by atoms with Gasteiger partial charge < -0.3 is 19.3 Å². The van der Waals surface area contributed by atoms with E-state index in [1.807, 2.05) is 6.92 Å². The predicted octanol–water partition coefficient (Wildman–Crippen LogP) is 2.05.